The predicted molar refractivity (Wildman–Crippen MR) is 155 cm³/mol. The quantitative estimate of drug-likeness (QED) is 0.322. The zero-order valence-electron chi connectivity index (χ0n) is 24.0. The van der Waals surface area contributed by atoms with E-state index in [1.807, 2.05) is 13.0 Å². The largest absolute Gasteiger partial charge is 0.393 e. The van der Waals surface area contributed by atoms with Gasteiger partial charge in [-0.25, -0.2) is 14.4 Å². The van der Waals surface area contributed by atoms with Crippen LogP contribution in [0.25, 0.3) is 0 Å². The number of halogens is 2. The minimum Gasteiger partial charge on any atom is -0.393 e. The van der Waals surface area contributed by atoms with Crippen LogP contribution in [-0.4, -0.2) is 54.9 Å². The molecule has 1 amide bonds. The van der Waals surface area contributed by atoms with Crippen molar-refractivity contribution in [3.05, 3.63) is 93.3 Å². The highest BCUT2D eigenvalue weighted by molar-refractivity contribution is 6.30. The van der Waals surface area contributed by atoms with Crippen LogP contribution in [0.4, 0.5) is 4.39 Å². The van der Waals surface area contributed by atoms with Gasteiger partial charge < -0.3 is 20.1 Å². The number of fused-ring (bicyclic) bond motifs is 1. The number of carbonyl (C=O) groups is 1. The first-order valence-electron chi connectivity index (χ1n) is 14.4. The van der Waals surface area contributed by atoms with E-state index in [1.54, 1.807) is 24.3 Å². The first-order chi connectivity index (χ1) is 20.5. The third-order valence-electron chi connectivity index (χ3n) is 8.60. The lowest BCUT2D eigenvalue weighted by atomic mass is 9.71. The van der Waals surface area contributed by atoms with E-state index in [9.17, 15) is 25.4 Å². The van der Waals surface area contributed by atoms with Gasteiger partial charge in [0.05, 0.1) is 47.7 Å². The maximum atomic E-state index is 16.6. The summed E-state index contributed by atoms with van der Waals surface area (Å²) in [7, 11) is 0. The smallest absolute Gasteiger partial charge is 0.257 e. The molecule has 1 saturated carbocycles. The van der Waals surface area contributed by atoms with Crippen LogP contribution < -0.4 is 0 Å². The number of ether oxygens (including phenoxy) is 1. The van der Waals surface area contributed by atoms with Gasteiger partial charge in [-0.2, -0.15) is 5.26 Å². The number of hydrogen-bond donors (Lipinski definition) is 3. The Morgan fingerprint density at radius 2 is 1.86 bits per heavy atom. The van der Waals surface area contributed by atoms with Crippen molar-refractivity contribution in [1.82, 2.24) is 14.9 Å². The van der Waals surface area contributed by atoms with E-state index in [0.717, 1.165) is 0 Å². The van der Waals surface area contributed by atoms with Crippen LogP contribution in [0.1, 0.15) is 84.4 Å². The number of aliphatic hydroxyl groups is 3. The SMILES string of the molecule is CCC(O)(c1cc(F)c2c(c1)C(=O)N(Cc1ncc(C#N)cn1)[C@@]2(OCC(C)O)c1ccc(Cl)cc1)C1CCC(O)CC1. The van der Waals surface area contributed by atoms with Crippen molar-refractivity contribution >= 4 is 17.5 Å². The summed E-state index contributed by atoms with van der Waals surface area (Å²) >= 11 is 6.19. The number of nitriles is 1. The number of benzene rings is 2. The number of nitrogens with zero attached hydrogens (tertiary/aromatic N) is 4. The lowest BCUT2D eigenvalue weighted by molar-refractivity contribution is -0.132. The summed E-state index contributed by atoms with van der Waals surface area (Å²) in [5.74, 6) is -1.38. The summed E-state index contributed by atoms with van der Waals surface area (Å²) < 4.78 is 23.0. The lowest BCUT2D eigenvalue weighted by Crippen LogP contribution is -2.48. The molecule has 0 bridgehead atoms. The van der Waals surface area contributed by atoms with Crippen LogP contribution in [0.3, 0.4) is 0 Å². The summed E-state index contributed by atoms with van der Waals surface area (Å²) in [4.78, 5) is 24.1. The van der Waals surface area contributed by atoms with E-state index >= 15 is 4.39 Å². The normalized spacial score (nSPS) is 23.9. The van der Waals surface area contributed by atoms with Crippen LogP contribution in [0, 0.1) is 23.1 Å². The van der Waals surface area contributed by atoms with Gasteiger partial charge in [0, 0.05) is 23.0 Å². The summed E-state index contributed by atoms with van der Waals surface area (Å²) in [6.45, 7) is 2.87. The molecule has 5 rings (SSSR count). The number of hydrogen-bond acceptors (Lipinski definition) is 8. The van der Waals surface area contributed by atoms with Gasteiger partial charge in [-0.3, -0.25) is 9.69 Å². The Hall–Kier alpha value is -3.46. The van der Waals surface area contributed by atoms with Crippen molar-refractivity contribution in [3.8, 4) is 6.07 Å². The van der Waals surface area contributed by atoms with Gasteiger partial charge in [0.15, 0.2) is 5.72 Å². The molecule has 2 aliphatic rings. The number of carbonyl (C=O) groups excluding carboxylic acids is 1. The minimum absolute atomic E-state index is 0.00640. The molecule has 1 aromatic heterocycles. The Labute approximate surface area is 254 Å². The molecule has 1 aliphatic heterocycles. The Bertz CT molecular complexity index is 1520. The van der Waals surface area contributed by atoms with Crippen molar-refractivity contribution in [2.24, 2.45) is 5.92 Å². The van der Waals surface area contributed by atoms with Gasteiger partial charge in [0.25, 0.3) is 5.91 Å². The molecule has 11 heteroatoms. The molecule has 2 heterocycles. The van der Waals surface area contributed by atoms with E-state index in [1.165, 1.54) is 36.4 Å². The number of amides is 1. The van der Waals surface area contributed by atoms with Gasteiger partial charge in [0.2, 0.25) is 0 Å². The maximum absolute atomic E-state index is 16.6. The zero-order chi connectivity index (χ0) is 30.9. The van der Waals surface area contributed by atoms with E-state index in [0.29, 0.717) is 36.3 Å². The average Bonchev–Trinajstić information content (AvgIpc) is 3.24. The van der Waals surface area contributed by atoms with Gasteiger partial charge in [0.1, 0.15) is 17.7 Å². The molecule has 226 valence electrons. The monoisotopic (exact) mass is 608 g/mol. The number of aliphatic hydroxyl groups excluding tert-OH is 2. The third kappa shape index (κ3) is 5.64. The highest BCUT2D eigenvalue weighted by atomic mass is 35.5. The molecule has 0 spiro atoms. The molecular weight excluding hydrogens is 575 g/mol. The van der Waals surface area contributed by atoms with Gasteiger partial charge in [-0.15, -0.1) is 0 Å². The molecule has 3 N–H and O–H groups in total. The van der Waals surface area contributed by atoms with Gasteiger partial charge in [-0.1, -0.05) is 30.7 Å². The summed E-state index contributed by atoms with van der Waals surface area (Å²) in [5.41, 5.74) is -2.42. The minimum atomic E-state index is -1.84. The predicted octanol–water partition coefficient (Wildman–Crippen LogP) is 4.54. The van der Waals surface area contributed by atoms with Crippen LogP contribution in [0.15, 0.2) is 48.8 Å². The van der Waals surface area contributed by atoms with Gasteiger partial charge >= 0.3 is 0 Å². The molecule has 0 saturated heterocycles. The maximum Gasteiger partial charge on any atom is 0.257 e. The topological polar surface area (TPSA) is 140 Å². The summed E-state index contributed by atoms with van der Waals surface area (Å²) in [6, 6.07) is 11.2. The van der Waals surface area contributed by atoms with Crippen LogP contribution in [0.2, 0.25) is 5.02 Å². The number of rotatable bonds is 9. The zero-order valence-corrected chi connectivity index (χ0v) is 24.8. The first kappa shape index (κ1) is 31.0. The standard InChI is InChI=1S/C32H34ClFN4O5/c1-3-31(42,21-6-10-25(40)11-7-21)23-12-26-29(27(34)13-23)32(43-18-19(2)39,22-4-8-24(33)9-5-22)38(30(26)41)17-28-36-15-20(14-35)16-37-28/h4-5,8-9,12-13,15-16,19,21,25,39-40,42H,3,6-7,10-11,17-18H2,1-2H3/t19?,21?,25?,31?,32-/m1/s1. The Kier molecular flexibility index (Phi) is 8.84. The fourth-order valence-corrected chi connectivity index (χ4v) is 6.47. The van der Waals surface area contributed by atoms with Gasteiger partial charge in [-0.05, 0) is 74.8 Å². The van der Waals surface area contributed by atoms with Crippen molar-refractivity contribution in [2.45, 2.75) is 76.0 Å². The molecule has 1 fully saturated rings. The van der Waals surface area contributed by atoms with Crippen molar-refractivity contribution in [1.29, 1.82) is 5.26 Å². The Balaban J connectivity index is 1.70. The lowest BCUT2D eigenvalue weighted by Gasteiger charge is -2.40. The summed E-state index contributed by atoms with van der Waals surface area (Å²) in [6.07, 6.45) is 3.75. The second-order valence-electron chi connectivity index (χ2n) is 11.4. The third-order valence-corrected chi connectivity index (χ3v) is 8.85. The van der Waals surface area contributed by atoms with Crippen LogP contribution in [-0.2, 0) is 22.6 Å². The Morgan fingerprint density at radius 1 is 1.21 bits per heavy atom. The average molecular weight is 609 g/mol. The van der Waals surface area contributed by atoms with Crippen molar-refractivity contribution < 1.29 is 29.2 Å². The van der Waals surface area contributed by atoms with E-state index < -0.39 is 35.3 Å². The second kappa shape index (κ2) is 12.3. The van der Waals surface area contributed by atoms with Crippen molar-refractivity contribution in [3.63, 3.8) is 0 Å². The second-order valence-corrected chi connectivity index (χ2v) is 11.8. The highest BCUT2D eigenvalue weighted by Crippen LogP contribution is 2.50. The number of aromatic nitrogens is 2. The van der Waals surface area contributed by atoms with E-state index in [-0.39, 0.29) is 53.6 Å². The molecule has 2 unspecified atom stereocenters. The van der Waals surface area contributed by atoms with E-state index in [4.69, 9.17) is 16.3 Å². The Morgan fingerprint density at radius 3 is 2.44 bits per heavy atom. The molecule has 43 heavy (non-hydrogen) atoms. The molecule has 3 atom stereocenters. The fourth-order valence-electron chi connectivity index (χ4n) is 6.34. The fraction of sp³-hybridized carbons (Fsp3) is 0.438. The van der Waals surface area contributed by atoms with Crippen LogP contribution >= 0.6 is 11.6 Å². The molecule has 0 radical (unpaired) electrons. The molecule has 1 aliphatic carbocycles. The highest BCUT2D eigenvalue weighted by Gasteiger charge is 2.55. The molecular formula is C32H34ClFN4O5. The van der Waals surface area contributed by atoms with E-state index in [2.05, 4.69) is 9.97 Å². The molecule has 3 aromatic rings. The molecule has 9 nitrogen and oxygen atoms in total. The molecule has 2 aromatic carbocycles. The first-order valence-corrected chi connectivity index (χ1v) is 14.8. The van der Waals surface area contributed by atoms with Crippen molar-refractivity contribution in [2.75, 3.05) is 6.61 Å². The van der Waals surface area contributed by atoms with Crippen LogP contribution in [0.5, 0.6) is 0 Å². The summed E-state index contributed by atoms with van der Waals surface area (Å²) in [5, 5.41) is 41.8.